The molecule has 4 aromatic rings. The molecular weight excluding hydrogens is 308 g/mol. The highest BCUT2D eigenvalue weighted by Crippen LogP contribution is 2.37. The zero-order valence-corrected chi connectivity index (χ0v) is 14.0. The second kappa shape index (κ2) is 6.50. The highest BCUT2D eigenvalue weighted by Gasteiger charge is 2.14. The van der Waals surface area contributed by atoms with Crippen molar-refractivity contribution in [3.63, 3.8) is 0 Å². The second-order valence-electron chi connectivity index (χ2n) is 6.16. The highest BCUT2D eigenvalue weighted by atomic mass is 16.5. The maximum Gasteiger partial charge on any atom is 0.150 e. The minimum atomic E-state index is 0.528. The first-order valence-corrected chi connectivity index (χ1v) is 8.29. The van der Waals surface area contributed by atoms with Gasteiger partial charge in [0.15, 0.2) is 0 Å². The first-order chi connectivity index (χ1) is 12.3. The molecular formula is C23H18O2. The van der Waals surface area contributed by atoms with Crippen molar-refractivity contribution in [1.29, 1.82) is 0 Å². The van der Waals surface area contributed by atoms with Crippen molar-refractivity contribution < 1.29 is 9.53 Å². The molecule has 2 nitrogen and oxygen atoms in total. The van der Waals surface area contributed by atoms with Gasteiger partial charge in [0, 0.05) is 12.7 Å². The molecule has 0 fully saturated rings. The molecule has 0 spiro atoms. The van der Waals surface area contributed by atoms with Gasteiger partial charge in [-0.05, 0) is 50.4 Å². The molecule has 122 valence electrons. The summed E-state index contributed by atoms with van der Waals surface area (Å²) in [6, 6.07) is 24.7. The maximum atomic E-state index is 11.5. The van der Waals surface area contributed by atoms with E-state index in [1.165, 1.54) is 10.8 Å². The number of ether oxygens (including phenoxy) is 1. The van der Waals surface area contributed by atoms with Crippen molar-refractivity contribution in [2.75, 3.05) is 7.11 Å². The van der Waals surface area contributed by atoms with Crippen molar-refractivity contribution in [3.05, 3.63) is 83.9 Å². The lowest BCUT2D eigenvalue weighted by Crippen LogP contribution is -1.95. The van der Waals surface area contributed by atoms with Gasteiger partial charge < -0.3 is 4.74 Å². The van der Waals surface area contributed by atoms with Crippen molar-refractivity contribution in [2.24, 2.45) is 0 Å². The van der Waals surface area contributed by atoms with Crippen molar-refractivity contribution >= 4 is 27.8 Å². The Morgan fingerprint density at radius 1 is 0.840 bits per heavy atom. The zero-order chi connectivity index (χ0) is 17.2. The topological polar surface area (TPSA) is 26.3 Å². The van der Waals surface area contributed by atoms with Gasteiger partial charge >= 0.3 is 0 Å². The molecule has 0 aliphatic carbocycles. The summed E-state index contributed by atoms with van der Waals surface area (Å²) >= 11 is 0. The van der Waals surface area contributed by atoms with Crippen molar-refractivity contribution in [1.82, 2.24) is 0 Å². The average Bonchev–Trinajstić information content (AvgIpc) is 2.67. The van der Waals surface area contributed by atoms with Crippen LogP contribution >= 0.6 is 0 Å². The fourth-order valence-electron chi connectivity index (χ4n) is 3.52. The third kappa shape index (κ3) is 2.71. The van der Waals surface area contributed by atoms with Crippen LogP contribution in [0.15, 0.2) is 72.8 Å². The molecule has 25 heavy (non-hydrogen) atoms. The van der Waals surface area contributed by atoms with Crippen LogP contribution in [0.25, 0.3) is 32.7 Å². The quantitative estimate of drug-likeness (QED) is 0.455. The van der Waals surface area contributed by atoms with Gasteiger partial charge in [0.05, 0.1) is 6.61 Å². The summed E-state index contributed by atoms with van der Waals surface area (Å²) in [7, 11) is 1.71. The number of fused-ring (bicyclic) bond motifs is 2. The summed E-state index contributed by atoms with van der Waals surface area (Å²) in [5.41, 5.74) is 4.02. The number of carbonyl (C=O) groups excluding carboxylic acids is 1. The Balaban J connectivity index is 2.15. The SMILES string of the molecule is COCc1ccc2ccccc2c1-c1cc(C=O)cc2ccccc12. The fourth-order valence-corrected chi connectivity index (χ4v) is 3.52. The van der Waals surface area contributed by atoms with Gasteiger partial charge in [0.2, 0.25) is 0 Å². The van der Waals surface area contributed by atoms with E-state index in [1.807, 2.05) is 42.5 Å². The molecule has 0 N–H and O–H groups in total. The van der Waals surface area contributed by atoms with Gasteiger partial charge in [-0.15, -0.1) is 0 Å². The van der Waals surface area contributed by atoms with Crippen LogP contribution in [0.2, 0.25) is 0 Å². The molecule has 0 atom stereocenters. The fraction of sp³-hybridized carbons (Fsp3) is 0.0870. The summed E-state index contributed by atoms with van der Waals surface area (Å²) in [4.78, 5) is 11.5. The number of benzene rings is 4. The van der Waals surface area contributed by atoms with E-state index in [2.05, 4.69) is 30.3 Å². The van der Waals surface area contributed by atoms with E-state index in [4.69, 9.17) is 4.74 Å². The van der Waals surface area contributed by atoms with Crippen LogP contribution < -0.4 is 0 Å². The third-order valence-electron chi connectivity index (χ3n) is 4.60. The van der Waals surface area contributed by atoms with Gasteiger partial charge in [-0.2, -0.15) is 0 Å². The second-order valence-corrected chi connectivity index (χ2v) is 6.16. The van der Waals surface area contributed by atoms with Crippen LogP contribution in [-0.2, 0) is 11.3 Å². The lowest BCUT2D eigenvalue weighted by atomic mass is 9.89. The van der Waals surface area contributed by atoms with Gasteiger partial charge in [-0.1, -0.05) is 60.7 Å². The Hall–Kier alpha value is -2.97. The van der Waals surface area contributed by atoms with E-state index in [0.717, 1.165) is 33.7 Å². The maximum absolute atomic E-state index is 11.5. The smallest absolute Gasteiger partial charge is 0.150 e. The largest absolute Gasteiger partial charge is 0.380 e. The summed E-state index contributed by atoms with van der Waals surface area (Å²) < 4.78 is 5.44. The molecule has 0 unspecified atom stereocenters. The van der Waals surface area contributed by atoms with Gasteiger partial charge in [0.25, 0.3) is 0 Å². The Kier molecular flexibility index (Phi) is 4.04. The molecule has 0 amide bonds. The van der Waals surface area contributed by atoms with E-state index in [9.17, 15) is 4.79 Å². The number of hydrogen-bond acceptors (Lipinski definition) is 2. The Morgan fingerprint density at radius 3 is 2.32 bits per heavy atom. The average molecular weight is 326 g/mol. The normalized spacial score (nSPS) is 11.1. The molecule has 0 aliphatic rings. The number of hydrogen-bond donors (Lipinski definition) is 0. The molecule has 0 bridgehead atoms. The Bertz CT molecular complexity index is 1080. The predicted octanol–water partition coefficient (Wildman–Crippen LogP) is 5.62. The van der Waals surface area contributed by atoms with E-state index in [0.29, 0.717) is 12.2 Å². The molecule has 2 heteroatoms. The summed E-state index contributed by atoms with van der Waals surface area (Å²) in [6.07, 6.45) is 0.914. The van der Waals surface area contributed by atoms with Gasteiger partial charge in [-0.25, -0.2) is 0 Å². The zero-order valence-electron chi connectivity index (χ0n) is 14.0. The molecule has 0 aromatic heterocycles. The molecule has 0 saturated heterocycles. The molecule has 4 rings (SSSR count). The first kappa shape index (κ1) is 15.6. The van der Waals surface area contributed by atoms with Crippen LogP contribution in [0, 0.1) is 0 Å². The van der Waals surface area contributed by atoms with Crippen LogP contribution in [0.5, 0.6) is 0 Å². The van der Waals surface area contributed by atoms with E-state index >= 15 is 0 Å². The Morgan fingerprint density at radius 2 is 1.56 bits per heavy atom. The van der Waals surface area contributed by atoms with E-state index in [-0.39, 0.29) is 0 Å². The summed E-state index contributed by atoms with van der Waals surface area (Å²) in [6.45, 7) is 0.528. The first-order valence-electron chi connectivity index (χ1n) is 8.29. The number of carbonyl (C=O) groups is 1. The predicted molar refractivity (Wildman–Crippen MR) is 103 cm³/mol. The standard InChI is InChI=1S/C23H18O2/c1-25-15-19-11-10-17-6-2-5-9-21(17)23(19)22-13-16(14-24)12-18-7-3-4-8-20(18)22/h2-14H,15H2,1H3. The van der Waals surface area contributed by atoms with Gasteiger partial charge in [-0.3, -0.25) is 4.79 Å². The van der Waals surface area contributed by atoms with Crippen LogP contribution in [-0.4, -0.2) is 13.4 Å². The molecule has 0 saturated carbocycles. The number of methoxy groups -OCH3 is 1. The lowest BCUT2D eigenvalue weighted by Gasteiger charge is -2.16. The van der Waals surface area contributed by atoms with Crippen LogP contribution in [0.1, 0.15) is 15.9 Å². The lowest BCUT2D eigenvalue weighted by molar-refractivity contribution is 0.112. The third-order valence-corrected chi connectivity index (χ3v) is 4.60. The van der Waals surface area contributed by atoms with E-state index in [1.54, 1.807) is 7.11 Å². The molecule has 4 aromatic carbocycles. The monoisotopic (exact) mass is 326 g/mol. The highest BCUT2D eigenvalue weighted by molar-refractivity contribution is 6.08. The van der Waals surface area contributed by atoms with E-state index < -0.39 is 0 Å². The Labute approximate surface area is 146 Å². The number of rotatable bonds is 4. The van der Waals surface area contributed by atoms with Crippen molar-refractivity contribution in [3.8, 4) is 11.1 Å². The minimum absolute atomic E-state index is 0.528. The van der Waals surface area contributed by atoms with Crippen molar-refractivity contribution in [2.45, 2.75) is 6.61 Å². The summed E-state index contributed by atoms with van der Waals surface area (Å²) in [5.74, 6) is 0. The number of aldehydes is 1. The molecule has 0 radical (unpaired) electrons. The summed E-state index contributed by atoms with van der Waals surface area (Å²) in [5, 5.41) is 4.56. The minimum Gasteiger partial charge on any atom is -0.380 e. The molecule has 0 aliphatic heterocycles. The van der Waals surface area contributed by atoms with Gasteiger partial charge in [0.1, 0.15) is 6.29 Å². The van der Waals surface area contributed by atoms with Crippen LogP contribution in [0.3, 0.4) is 0 Å². The molecule has 0 heterocycles. The van der Waals surface area contributed by atoms with Crippen LogP contribution in [0.4, 0.5) is 0 Å².